The van der Waals surface area contributed by atoms with Crippen LogP contribution in [-0.2, 0) is 9.53 Å². The summed E-state index contributed by atoms with van der Waals surface area (Å²) in [6.45, 7) is -0.460. The summed E-state index contributed by atoms with van der Waals surface area (Å²) in [5, 5.41) is 7.52. The van der Waals surface area contributed by atoms with Crippen molar-refractivity contribution in [3.8, 4) is 0 Å². The first kappa shape index (κ1) is 25.9. The molecule has 8 heteroatoms. The fourth-order valence-electron chi connectivity index (χ4n) is 4.94. The van der Waals surface area contributed by atoms with Crippen molar-refractivity contribution in [3.63, 3.8) is 0 Å². The highest BCUT2D eigenvalue weighted by atomic mass is 35.5. The van der Waals surface area contributed by atoms with E-state index in [0.717, 1.165) is 41.7 Å². The Labute approximate surface area is 230 Å². The number of hydrogen-bond acceptors (Lipinski definition) is 5. The van der Waals surface area contributed by atoms with Gasteiger partial charge < -0.3 is 4.74 Å². The number of aldehydes is 1. The summed E-state index contributed by atoms with van der Waals surface area (Å²) in [4.78, 5) is 36.8. The topological polar surface area (TPSA) is 76.0 Å². The van der Waals surface area contributed by atoms with Crippen LogP contribution >= 0.6 is 23.2 Å². The summed E-state index contributed by atoms with van der Waals surface area (Å²) in [5.74, 6) is -1.07. The zero-order valence-corrected chi connectivity index (χ0v) is 21.9. The minimum atomic E-state index is -0.647. The minimum absolute atomic E-state index is 0.000914. The number of nitrogens with zero attached hydrogens (tertiary/aromatic N) is 2. The highest BCUT2D eigenvalue weighted by molar-refractivity contribution is 6.30. The maximum atomic E-state index is 13.4. The SMILES string of the molecule is O=Cc1ccc(C(=O)OCC(=O)N2N=C3C(=Cc4ccc(Cl)cc4)CCCC3C2c2ccc(Cl)cc2)cc1. The van der Waals surface area contributed by atoms with Gasteiger partial charge in [-0.15, -0.1) is 0 Å². The smallest absolute Gasteiger partial charge is 0.338 e. The third-order valence-electron chi connectivity index (χ3n) is 6.79. The van der Waals surface area contributed by atoms with Crippen LogP contribution in [0.1, 0.15) is 57.1 Å². The molecule has 5 rings (SSSR count). The van der Waals surface area contributed by atoms with Crippen molar-refractivity contribution in [3.05, 3.63) is 111 Å². The van der Waals surface area contributed by atoms with Gasteiger partial charge >= 0.3 is 5.97 Å². The van der Waals surface area contributed by atoms with Crippen LogP contribution in [0, 0.1) is 5.92 Å². The van der Waals surface area contributed by atoms with Gasteiger partial charge in [0.1, 0.15) is 6.29 Å². The lowest BCUT2D eigenvalue weighted by atomic mass is 9.77. The standard InChI is InChI=1S/C30H24Cl2N2O4/c31-24-12-6-19(7-13-24)16-23-2-1-3-26-28(23)33-34(29(26)21-10-14-25(32)15-11-21)27(36)18-38-30(37)22-8-4-20(17-35)5-9-22/h4-17,26,29H,1-3,18H2. The zero-order valence-electron chi connectivity index (χ0n) is 20.3. The van der Waals surface area contributed by atoms with Crippen LogP contribution in [0.25, 0.3) is 6.08 Å². The Morgan fingerprint density at radius 1 is 0.921 bits per heavy atom. The Hall–Kier alpha value is -3.74. The molecule has 1 amide bonds. The molecule has 0 aromatic heterocycles. The highest BCUT2D eigenvalue weighted by Gasteiger charge is 2.43. The Kier molecular flexibility index (Phi) is 7.72. The molecule has 0 N–H and O–H groups in total. The van der Waals surface area contributed by atoms with Gasteiger partial charge in [0.2, 0.25) is 0 Å². The number of hydrazone groups is 1. The number of carbonyl (C=O) groups excluding carboxylic acids is 3. The van der Waals surface area contributed by atoms with E-state index in [0.29, 0.717) is 21.9 Å². The van der Waals surface area contributed by atoms with Gasteiger partial charge in [-0.25, -0.2) is 9.80 Å². The zero-order chi connectivity index (χ0) is 26.6. The molecule has 1 saturated carbocycles. The van der Waals surface area contributed by atoms with Crippen molar-refractivity contribution in [1.29, 1.82) is 0 Å². The molecule has 1 fully saturated rings. The number of fused-ring (bicyclic) bond motifs is 1. The van der Waals surface area contributed by atoms with Crippen LogP contribution in [0.4, 0.5) is 0 Å². The van der Waals surface area contributed by atoms with E-state index >= 15 is 0 Å². The van der Waals surface area contributed by atoms with E-state index < -0.39 is 18.5 Å². The van der Waals surface area contributed by atoms with Crippen molar-refractivity contribution in [2.45, 2.75) is 25.3 Å². The summed E-state index contributed by atoms with van der Waals surface area (Å²) in [6, 6.07) is 20.7. The summed E-state index contributed by atoms with van der Waals surface area (Å²) in [5.41, 5.74) is 4.57. The second-order valence-corrected chi connectivity index (χ2v) is 10.1. The number of carbonyl (C=O) groups is 3. The molecule has 0 bridgehead atoms. The van der Waals surface area contributed by atoms with Gasteiger partial charge in [0, 0.05) is 21.5 Å². The highest BCUT2D eigenvalue weighted by Crippen LogP contribution is 2.44. The molecule has 2 aliphatic rings. The molecule has 1 heterocycles. The first-order valence-corrected chi connectivity index (χ1v) is 13.0. The molecule has 38 heavy (non-hydrogen) atoms. The number of ether oxygens (including phenoxy) is 1. The van der Waals surface area contributed by atoms with Gasteiger partial charge in [-0.2, -0.15) is 5.10 Å². The number of amides is 1. The van der Waals surface area contributed by atoms with Crippen LogP contribution in [0.15, 0.2) is 83.5 Å². The molecular weight excluding hydrogens is 523 g/mol. The van der Waals surface area contributed by atoms with Crippen molar-refractivity contribution in [2.75, 3.05) is 6.61 Å². The van der Waals surface area contributed by atoms with E-state index in [1.165, 1.54) is 29.3 Å². The van der Waals surface area contributed by atoms with Gasteiger partial charge in [-0.05, 0) is 78.4 Å². The van der Waals surface area contributed by atoms with E-state index in [1.807, 2.05) is 36.4 Å². The normalized spacial score (nSPS) is 19.6. The van der Waals surface area contributed by atoms with E-state index in [4.69, 9.17) is 33.0 Å². The van der Waals surface area contributed by atoms with Crippen molar-refractivity contribution in [2.24, 2.45) is 11.0 Å². The second kappa shape index (κ2) is 11.3. The third-order valence-corrected chi connectivity index (χ3v) is 7.29. The molecule has 2 unspecified atom stereocenters. The number of rotatable bonds is 6. The second-order valence-electron chi connectivity index (χ2n) is 9.26. The van der Waals surface area contributed by atoms with Crippen molar-refractivity contribution >= 4 is 53.2 Å². The number of hydrogen-bond donors (Lipinski definition) is 0. The predicted molar refractivity (Wildman–Crippen MR) is 147 cm³/mol. The van der Waals surface area contributed by atoms with Crippen LogP contribution in [0.2, 0.25) is 10.0 Å². The number of halogens is 2. The maximum absolute atomic E-state index is 13.4. The lowest BCUT2D eigenvalue weighted by Gasteiger charge is -2.29. The average molecular weight is 547 g/mol. The lowest BCUT2D eigenvalue weighted by molar-refractivity contribution is -0.137. The number of allylic oxidation sites excluding steroid dienone is 1. The summed E-state index contributed by atoms with van der Waals surface area (Å²) < 4.78 is 5.33. The maximum Gasteiger partial charge on any atom is 0.338 e. The van der Waals surface area contributed by atoms with E-state index in [-0.39, 0.29) is 17.5 Å². The van der Waals surface area contributed by atoms with E-state index in [2.05, 4.69) is 6.08 Å². The fraction of sp³-hybridized carbons (Fsp3) is 0.200. The van der Waals surface area contributed by atoms with Gasteiger partial charge in [0.05, 0.1) is 17.3 Å². The summed E-state index contributed by atoms with van der Waals surface area (Å²) >= 11 is 12.2. The van der Waals surface area contributed by atoms with Gasteiger partial charge in [-0.1, -0.05) is 59.6 Å². The van der Waals surface area contributed by atoms with Crippen LogP contribution in [0.5, 0.6) is 0 Å². The molecule has 3 aromatic rings. The molecule has 0 saturated heterocycles. The van der Waals surface area contributed by atoms with Crippen LogP contribution < -0.4 is 0 Å². The Balaban J connectivity index is 1.41. The van der Waals surface area contributed by atoms with Gasteiger partial charge in [0.15, 0.2) is 6.61 Å². The first-order chi connectivity index (χ1) is 18.4. The van der Waals surface area contributed by atoms with E-state index in [1.54, 1.807) is 12.1 Å². The van der Waals surface area contributed by atoms with Crippen LogP contribution in [0.3, 0.4) is 0 Å². The third kappa shape index (κ3) is 5.57. The average Bonchev–Trinajstić information content (AvgIpc) is 3.34. The van der Waals surface area contributed by atoms with E-state index in [9.17, 15) is 14.4 Å². The fourth-order valence-corrected chi connectivity index (χ4v) is 5.19. The molecule has 6 nitrogen and oxygen atoms in total. The molecule has 1 aliphatic heterocycles. The number of benzene rings is 3. The molecule has 0 radical (unpaired) electrons. The molecule has 192 valence electrons. The van der Waals surface area contributed by atoms with Crippen molar-refractivity contribution < 1.29 is 19.1 Å². The molecular formula is C30H24Cl2N2O4. The summed E-state index contributed by atoms with van der Waals surface area (Å²) in [7, 11) is 0. The molecule has 1 aliphatic carbocycles. The largest absolute Gasteiger partial charge is 0.452 e. The molecule has 2 atom stereocenters. The van der Waals surface area contributed by atoms with Crippen molar-refractivity contribution in [1.82, 2.24) is 5.01 Å². The quantitative estimate of drug-likeness (QED) is 0.252. The monoisotopic (exact) mass is 546 g/mol. The molecule has 0 spiro atoms. The number of esters is 1. The minimum Gasteiger partial charge on any atom is -0.452 e. The predicted octanol–water partition coefficient (Wildman–Crippen LogP) is 6.79. The summed E-state index contributed by atoms with van der Waals surface area (Å²) in [6.07, 6.45) is 5.46. The molecule has 3 aromatic carbocycles. The first-order valence-electron chi connectivity index (χ1n) is 12.3. The lowest BCUT2D eigenvalue weighted by Crippen LogP contribution is -2.34. The Morgan fingerprint density at radius 3 is 2.21 bits per heavy atom. The Bertz CT molecular complexity index is 1410. The van der Waals surface area contributed by atoms with Gasteiger partial charge in [-0.3, -0.25) is 9.59 Å². The van der Waals surface area contributed by atoms with Gasteiger partial charge in [0.25, 0.3) is 5.91 Å². The van der Waals surface area contributed by atoms with Crippen LogP contribution in [-0.4, -0.2) is 35.5 Å². The Morgan fingerprint density at radius 2 is 1.55 bits per heavy atom.